The van der Waals surface area contributed by atoms with Gasteiger partial charge in [0.25, 0.3) is 0 Å². The average molecular weight is 669 g/mol. The molecule has 1 aromatic heterocycles. The number of nitrogens with zero attached hydrogens (tertiary/aromatic N) is 4. The van der Waals surface area contributed by atoms with Gasteiger partial charge in [0.05, 0.1) is 56.2 Å². The molecule has 2 aliphatic heterocycles. The van der Waals surface area contributed by atoms with Crippen LogP contribution in [0.5, 0.6) is 0 Å². The summed E-state index contributed by atoms with van der Waals surface area (Å²) >= 11 is 12.9. The summed E-state index contributed by atoms with van der Waals surface area (Å²) in [5.41, 5.74) is 5.65. The molecule has 244 valence electrons. The number of benzene rings is 2. The molecule has 2 aromatic carbocycles. The van der Waals surface area contributed by atoms with Gasteiger partial charge in [-0.1, -0.05) is 29.8 Å². The van der Waals surface area contributed by atoms with Crippen molar-refractivity contribution in [3.05, 3.63) is 75.3 Å². The number of nitrogens with one attached hydrogen (secondary N) is 3. The summed E-state index contributed by atoms with van der Waals surface area (Å²) in [7, 11) is 3.63. The molecule has 4 N–H and O–H groups in total. The lowest BCUT2D eigenvalue weighted by Crippen LogP contribution is -2.61. The van der Waals surface area contributed by atoms with Crippen molar-refractivity contribution in [3.8, 4) is 11.1 Å². The number of pyridine rings is 1. The molecule has 0 aliphatic carbocycles. The standard InChI is InChI=1S/C34H40Cl2FN7O2/c1-8-26(46)43-15-18(3)44-21(16-43)10-12-42(7)33-19(4)22(27-29(37)23(35)14-24(36)32(27)39-6)13-25(28(33)34(44)38)41-30-17(2)9-11-40-31(30)20(5)45/h8-9,11,13-14,18,20-21,38-39,41,45H,1,10,12,15-16H2,2-7H3. The van der Waals surface area contributed by atoms with Gasteiger partial charge in [0, 0.05) is 51.5 Å². The van der Waals surface area contributed by atoms with Gasteiger partial charge in [0.2, 0.25) is 5.91 Å². The van der Waals surface area contributed by atoms with Crippen molar-refractivity contribution < 1.29 is 14.3 Å². The van der Waals surface area contributed by atoms with Crippen molar-refractivity contribution >= 4 is 57.7 Å². The highest BCUT2D eigenvalue weighted by Crippen LogP contribution is 2.47. The minimum absolute atomic E-state index is 0.108. The SMILES string of the molecule is C=CC(=O)N1CC(C)N2C(=N)c3c(Nc4c(C)ccnc4C(C)O)cc(-c4c(F)c(Cl)cc(Cl)c4NC)c(C)c3N(C)CCC2C1. The van der Waals surface area contributed by atoms with Crippen molar-refractivity contribution in [2.75, 3.05) is 49.3 Å². The number of hydrogen-bond donors (Lipinski definition) is 4. The highest BCUT2D eigenvalue weighted by atomic mass is 35.5. The van der Waals surface area contributed by atoms with E-state index in [1.54, 1.807) is 25.1 Å². The number of amidine groups is 1. The number of piperazine rings is 1. The van der Waals surface area contributed by atoms with Crippen LogP contribution >= 0.6 is 23.2 Å². The van der Waals surface area contributed by atoms with Gasteiger partial charge in [0.15, 0.2) is 5.82 Å². The number of amides is 1. The fourth-order valence-corrected chi connectivity index (χ4v) is 7.40. The van der Waals surface area contributed by atoms with Crippen LogP contribution in [0.3, 0.4) is 0 Å². The van der Waals surface area contributed by atoms with E-state index in [0.29, 0.717) is 59.9 Å². The molecule has 2 aliphatic rings. The Morgan fingerprint density at radius 3 is 2.59 bits per heavy atom. The Labute approximate surface area is 279 Å². The molecule has 1 fully saturated rings. The number of rotatable bonds is 6. The van der Waals surface area contributed by atoms with Crippen molar-refractivity contribution in [3.63, 3.8) is 0 Å². The lowest BCUT2D eigenvalue weighted by Gasteiger charge is -2.49. The Morgan fingerprint density at radius 2 is 1.93 bits per heavy atom. The predicted molar refractivity (Wildman–Crippen MR) is 186 cm³/mol. The molecule has 12 heteroatoms. The van der Waals surface area contributed by atoms with Crippen LogP contribution in [-0.4, -0.2) is 77.4 Å². The van der Waals surface area contributed by atoms with Crippen LogP contribution in [0.15, 0.2) is 37.1 Å². The van der Waals surface area contributed by atoms with Gasteiger partial charge in [-0.3, -0.25) is 15.2 Å². The maximum atomic E-state index is 16.0. The van der Waals surface area contributed by atoms with E-state index in [4.69, 9.17) is 23.2 Å². The zero-order valence-corrected chi connectivity index (χ0v) is 28.4. The smallest absolute Gasteiger partial charge is 0.246 e. The van der Waals surface area contributed by atoms with Gasteiger partial charge in [-0.05, 0) is 75.1 Å². The maximum Gasteiger partial charge on any atom is 0.246 e. The first-order valence-corrected chi connectivity index (χ1v) is 16.0. The maximum absolute atomic E-state index is 16.0. The summed E-state index contributed by atoms with van der Waals surface area (Å²) in [6.07, 6.45) is 2.78. The van der Waals surface area contributed by atoms with E-state index < -0.39 is 11.9 Å². The number of carbonyl (C=O) groups is 1. The van der Waals surface area contributed by atoms with Crippen molar-refractivity contribution in [2.45, 2.75) is 52.3 Å². The van der Waals surface area contributed by atoms with Crippen LogP contribution in [0.1, 0.15) is 48.8 Å². The minimum Gasteiger partial charge on any atom is -0.387 e. The topological polar surface area (TPSA) is 108 Å². The Kier molecular flexibility index (Phi) is 9.54. The normalized spacial score (nSPS) is 18.7. The van der Waals surface area contributed by atoms with Gasteiger partial charge in [-0.2, -0.15) is 0 Å². The summed E-state index contributed by atoms with van der Waals surface area (Å²) < 4.78 is 16.0. The Balaban J connectivity index is 1.82. The zero-order chi connectivity index (χ0) is 33.6. The fourth-order valence-electron chi connectivity index (χ4n) is 6.84. The van der Waals surface area contributed by atoms with E-state index in [1.165, 1.54) is 12.1 Å². The second-order valence-electron chi connectivity index (χ2n) is 12.1. The van der Waals surface area contributed by atoms with Crippen LogP contribution in [0, 0.1) is 25.1 Å². The van der Waals surface area contributed by atoms with Crippen LogP contribution in [0.25, 0.3) is 11.1 Å². The van der Waals surface area contributed by atoms with E-state index in [-0.39, 0.29) is 39.4 Å². The number of aliphatic hydroxyl groups excluding tert-OH is 1. The number of hydrogen-bond acceptors (Lipinski definition) is 7. The van der Waals surface area contributed by atoms with E-state index in [9.17, 15) is 15.3 Å². The molecule has 3 heterocycles. The average Bonchev–Trinajstić information content (AvgIpc) is 3.01. The van der Waals surface area contributed by atoms with Gasteiger partial charge in [-0.25, -0.2) is 4.39 Å². The molecule has 5 rings (SSSR count). The zero-order valence-electron chi connectivity index (χ0n) is 26.9. The molecule has 1 amide bonds. The number of aromatic nitrogens is 1. The highest BCUT2D eigenvalue weighted by molar-refractivity contribution is 6.37. The largest absolute Gasteiger partial charge is 0.387 e. The van der Waals surface area contributed by atoms with Crippen molar-refractivity contribution in [2.24, 2.45) is 0 Å². The van der Waals surface area contributed by atoms with Crippen LogP contribution < -0.4 is 15.5 Å². The monoisotopic (exact) mass is 667 g/mol. The molecule has 0 radical (unpaired) electrons. The van der Waals surface area contributed by atoms with Gasteiger partial charge >= 0.3 is 0 Å². The predicted octanol–water partition coefficient (Wildman–Crippen LogP) is 6.90. The second kappa shape index (κ2) is 13.1. The molecule has 46 heavy (non-hydrogen) atoms. The minimum atomic E-state index is -0.879. The molecule has 1 saturated heterocycles. The Morgan fingerprint density at radius 1 is 1.22 bits per heavy atom. The first kappa shape index (κ1) is 33.5. The quantitative estimate of drug-likeness (QED) is 0.167. The first-order valence-electron chi connectivity index (χ1n) is 15.2. The Hall–Kier alpha value is -3.86. The number of aliphatic hydroxyl groups is 1. The van der Waals surface area contributed by atoms with Crippen LogP contribution in [0.2, 0.25) is 10.0 Å². The number of aryl methyl sites for hydroxylation is 1. The van der Waals surface area contributed by atoms with E-state index in [2.05, 4.69) is 32.0 Å². The third kappa shape index (κ3) is 5.78. The van der Waals surface area contributed by atoms with Gasteiger partial charge in [-0.15, -0.1) is 0 Å². The van der Waals surface area contributed by atoms with E-state index in [1.807, 2.05) is 40.0 Å². The molecular formula is C34H40Cl2FN7O2. The first-order chi connectivity index (χ1) is 21.8. The molecule has 0 spiro atoms. The van der Waals surface area contributed by atoms with E-state index in [0.717, 1.165) is 16.8 Å². The number of carbonyl (C=O) groups excluding carboxylic acids is 1. The van der Waals surface area contributed by atoms with Crippen LogP contribution in [-0.2, 0) is 4.79 Å². The summed E-state index contributed by atoms with van der Waals surface area (Å²) in [6.45, 7) is 12.7. The van der Waals surface area contributed by atoms with Gasteiger partial charge in [0.1, 0.15) is 5.84 Å². The molecule has 3 aromatic rings. The van der Waals surface area contributed by atoms with Crippen molar-refractivity contribution in [1.82, 2.24) is 14.8 Å². The molecule has 0 bridgehead atoms. The molecule has 3 atom stereocenters. The van der Waals surface area contributed by atoms with Gasteiger partial charge < -0.3 is 30.4 Å². The molecule has 0 saturated carbocycles. The third-order valence-corrected chi connectivity index (χ3v) is 9.61. The summed E-state index contributed by atoms with van der Waals surface area (Å²) in [5.74, 6) is -0.468. The number of anilines is 4. The highest BCUT2D eigenvalue weighted by Gasteiger charge is 2.39. The van der Waals surface area contributed by atoms with E-state index >= 15 is 4.39 Å². The summed E-state index contributed by atoms with van der Waals surface area (Å²) in [4.78, 5) is 23.1. The van der Waals surface area contributed by atoms with Crippen LogP contribution in [0.4, 0.5) is 27.1 Å². The number of halogens is 3. The Bertz CT molecular complexity index is 1730. The number of fused-ring (bicyclic) bond motifs is 2. The summed E-state index contributed by atoms with van der Waals surface area (Å²) in [6, 6.07) is 4.77. The lowest BCUT2D eigenvalue weighted by atomic mass is 9.89. The molecule has 3 unspecified atom stereocenters. The third-order valence-electron chi connectivity index (χ3n) is 9.03. The van der Waals surface area contributed by atoms with Crippen molar-refractivity contribution in [1.29, 1.82) is 5.41 Å². The molecule has 9 nitrogen and oxygen atoms in total. The summed E-state index contributed by atoms with van der Waals surface area (Å²) in [5, 5.41) is 27.2. The lowest BCUT2D eigenvalue weighted by molar-refractivity contribution is -0.129. The molecular weight excluding hydrogens is 628 g/mol. The fraction of sp³-hybridized carbons (Fsp3) is 0.382. The second-order valence-corrected chi connectivity index (χ2v) is 12.9.